The predicted molar refractivity (Wildman–Crippen MR) is 121 cm³/mol. The zero-order chi connectivity index (χ0) is 21.8. The second-order valence-corrected chi connectivity index (χ2v) is 8.34. The Bertz CT molecular complexity index is 1250. The maximum Gasteiger partial charge on any atom is 0.307 e. The number of carbonyl (C=O) groups excluding carboxylic acids is 1. The van der Waals surface area contributed by atoms with Gasteiger partial charge in [0.1, 0.15) is 0 Å². The number of carbonyl (C=O) groups is 1. The third-order valence-electron chi connectivity index (χ3n) is 4.93. The number of amides is 1. The van der Waals surface area contributed by atoms with Gasteiger partial charge in [-0.3, -0.25) is 19.6 Å². The minimum Gasteiger partial charge on any atom is -0.494 e. The minimum absolute atomic E-state index is 0.0364. The van der Waals surface area contributed by atoms with Crippen molar-refractivity contribution in [2.24, 2.45) is 0 Å². The first-order valence-corrected chi connectivity index (χ1v) is 10.6. The number of aromatic hydroxyl groups is 1. The average molecular weight is 432 g/mol. The van der Waals surface area contributed by atoms with Crippen LogP contribution in [0.4, 0.5) is 0 Å². The minimum atomic E-state index is -0.261. The highest BCUT2D eigenvalue weighted by molar-refractivity contribution is 7.09. The number of nitrogens with zero attached hydrogens (tertiary/aromatic N) is 2. The van der Waals surface area contributed by atoms with Crippen LogP contribution in [0.2, 0.25) is 0 Å². The van der Waals surface area contributed by atoms with Crippen LogP contribution in [0.3, 0.4) is 0 Å². The second-order valence-electron chi connectivity index (χ2n) is 7.27. The highest BCUT2D eigenvalue weighted by Gasteiger charge is 2.12. The SMILES string of the molecule is CN(Cc1cncc(-c2ccc(Cc3sc(=O)[nH]c3O)cc2)c1)C(=O)c1ccccc1. The largest absolute Gasteiger partial charge is 0.494 e. The number of hydrogen-bond donors (Lipinski definition) is 2. The molecular weight excluding hydrogens is 410 g/mol. The molecule has 0 saturated carbocycles. The van der Waals surface area contributed by atoms with Crippen molar-refractivity contribution in [3.8, 4) is 17.0 Å². The molecule has 0 spiro atoms. The molecule has 4 rings (SSSR count). The quantitative estimate of drug-likeness (QED) is 0.482. The fraction of sp³-hybridized carbons (Fsp3) is 0.125. The number of H-pyrrole nitrogens is 1. The molecule has 2 N–H and O–H groups in total. The van der Waals surface area contributed by atoms with E-state index in [0.29, 0.717) is 23.4 Å². The molecule has 0 aliphatic heterocycles. The molecule has 0 aliphatic rings. The van der Waals surface area contributed by atoms with E-state index in [9.17, 15) is 14.7 Å². The maximum absolute atomic E-state index is 12.6. The average Bonchev–Trinajstić information content (AvgIpc) is 3.11. The topological polar surface area (TPSA) is 86.3 Å². The van der Waals surface area contributed by atoms with Gasteiger partial charge in [0.2, 0.25) is 5.88 Å². The van der Waals surface area contributed by atoms with Crippen molar-refractivity contribution in [1.29, 1.82) is 0 Å². The van der Waals surface area contributed by atoms with Crippen LogP contribution in [-0.4, -0.2) is 32.9 Å². The van der Waals surface area contributed by atoms with Gasteiger partial charge >= 0.3 is 4.87 Å². The van der Waals surface area contributed by atoms with Crippen molar-refractivity contribution in [3.63, 3.8) is 0 Å². The van der Waals surface area contributed by atoms with Crippen molar-refractivity contribution < 1.29 is 9.90 Å². The molecule has 4 aromatic rings. The van der Waals surface area contributed by atoms with Gasteiger partial charge in [-0.25, -0.2) is 0 Å². The number of hydrogen-bond acceptors (Lipinski definition) is 5. The van der Waals surface area contributed by atoms with Crippen molar-refractivity contribution in [2.75, 3.05) is 7.05 Å². The van der Waals surface area contributed by atoms with Crippen LogP contribution in [0.5, 0.6) is 5.88 Å². The summed E-state index contributed by atoms with van der Waals surface area (Å²) >= 11 is 1.01. The number of pyridine rings is 1. The Morgan fingerprint density at radius 2 is 1.77 bits per heavy atom. The fourth-order valence-electron chi connectivity index (χ4n) is 3.35. The highest BCUT2D eigenvalue weighted by atomic mass is 32.1. The van der Waals surface area contributed by atoms with E-state index in [1.807, 2.05) is 48.5 Å². The van der Waals surface area contributed by atoms with E-state index in [-0.39, 0.29) is 16.7 Å². The first kappa shape index (κ1) is 20.6. The summed E-state index contributed by atoms with van der Waals surface area (Å²) in [5.41, 5.74) is 4.55. The molecule has 2 heterocycles. The molecule has 0 unspecified atom stereocenters. The van der Waals surface area contributed by atoms with Gasteiger partial charge in [0, 0.05) is 43.5 Å². The maximum atomic E-state index is 12.6. The van der Waals surface area contributed by atoms with Crippen LogP contribution in [-0.2, 0) is 13.0 Å². The van der Waals surface area contributed by atoms with Crippen LogP contribution < -0.4 is 4.87 Å². The summed E-state index contributed by atoms with van der Waals surface area (Å²) in [7, 11) is 1.78. The lowest BCUT2D eigenvalue weighted by molar-refractivity contribution is 0.0785. The zero-order valence-corrected chi connectivity index (χ0v) is 17.7. The Morgan fingerprint density at radius 1 is 1.03 bits per heavy atom. The standard InChI is InChI=1S/C24H21N3O3S/c1-27(23(29)19-5-3-2-4-6-19)15-17-11-20(14-25-13-17)18-9-7-16(8-10-18)12-21-22(28)26-24(30)31-21/h2-11,13-14,28H,12,15H2,1H3,(H,26,30). The summed E-state index contributed by atoms with van der Waals surface area (Å²) in [6, 6.07) is 19.1. The smallest absolute Gasteiger partial charge is 0.307 e. The molecule has 2 aromatic heterocycles. The molecule has 0 aliphatic carbocycles. The van der Waals surface area contributed by atoms with E-state index in [0.717, 1.165) is 33.6 Å². The summed E-state index contributed by atoms with van der Waals surface area (Å²) < 4.78 is 0. The number of thiazole rings is 1. The first-order valence-electron chi connectivity index (χ1n) is 9.74. The Balaban J connectivity index is 1.47. The Kier molecular flexibility index (Phi) is 5.95. The fourth-order valence-corrected chi connectivity index (χ4v) is 4.11. The van der Waals surface area contributed by atoms with E-state index in [1.54, 1.807) is 36.5 Å². The van der Waals surface area contributed by atoms with E-state index < -0.39 is 0 Å². The van der Waals surface area contributed by atoms with E-state index >= 15 is 0 Å². The van der Waals surface area contributed by atoms with Crippen molar-refractivity contribution in [2.45, 2.75) is 13.0 Å². The van der Waals surface area contributed by atoms with E-state index in [4.69, 9.17) is 0 Å². The number of aromatic amines is 1. The summed E-state index contributed by atoms with van der Waals surface area (Å²) in [4.78, 5) is 32.7. The van der Waals surface area contributed by atoms with Crippen molar-refractivity contribution in [1.82, 2.24) is 14.9 Å². The number of aromatic nitrogens is 2. The van der Waals surface area contributed by atoms with Crippen molar-refractivity contribution in [3.05, 3.63) is 104 Å². The van der Waals surface area contributed by atoms with E-state index in [1.165, 1.54) is 0 Å². The van der Waals surface area contributed by atoms with Gasteiger partial charge in [0.25, 0.3) is 5.91 Å². The van der Waals surface area contributed by atoms with E-state index in [2.05, 4.69) is 9.97 Å². The zero-order valence-electron chi connectivity index (χ0n) is 16.9. The molecule has 31 heavy (non-hydrogen) atoms. The van der Waals surface area contributed by atoms with Gasteiger partial charge in [-0.2, -0.15) is 0 Å². The monoisotopic (exact) mass is 431 g/mol. The molecule has 1 amide bonds. The molecule has 156 valence electrons. The van der Waals surface area contributed by atoms with Gasteiger partial charge < -0.3 is 10.0 Å². The normalized spacial score (nSPS) is 10.7. The molecule has 2 aromatic carbocycles. The Labute approximate surface area is 183 Å². The highest BCUT2D eigenvalue weighted by Crippen LogP contribution is 2.24. The molecule has 0 radical (unpaired) electrons. The van der Waals surface area contributed by atoms with Crippen LogP contribution in [0, 0.1) is 0 Å². The third-order valence-corrected chi connectivity index (χ3v) is 5.81. The molecule has 0 bridgehead atoms. The Hall–Kier alpha value is -3.71. The van der Waals surface area contributed by atoms with Gasteiger partial charge in [0.15, 0.2) is 0 Å². The molecule has 6 nitrogen and oxygen atoms in total. The molecule has 0 saturated heterocycles. The summed E-state index contributed by atoms with van der Waals surface area (Å²) in [5.74, 6) is -0.101. The lowest BCUT2D eigenvalue weighted by Gasteiger charge is -2.17. The predicted octanol–water partition coefficient (Wildman–Crippen LogP) is 4.07. The third kappa shape index (κ3) is 4.90. The van der Waals surface area contributed by atoms with Crippen LogP contribution in [0.1, 0.15) is 26.4 Å². The van der Waals surface area contributed by atoms with Gasteiger partial charge in [-0.1, -0.05) is 53.8 Å². The molecular formula is C24H21N3O3S. The Morgan fingerprint density at radius 3 is 2.45 bits per heavy atom. The molecule has 7 heteroatoms. The lowest BCUT2D eigenvalue weighted by Crippen LogP contribution is -2.26. The first-order chi connectivity index (χ1) is 15.0. The number of benzene rings is 2. The number of rotatable bonds is 6. The molecule has 0 atom stereocenters. The second kappa shape index (κ2) is 8.97. The van der Waals surface area contributed by atoms with Crippen LogP contribution >= 0.6 is 11.3 Å². The van der Waals surface area contributed by atoms with Crippen LogP contribution in [0.15, 0.2) is 77.9 Å². The number of nitrogens with one attached hydrogen (secondary N) is 1. The van der Waals surface area contributed by atoms with Gasteiger partial charge in [-0.05, 0) is 34.9 Å². The summed E-state index contributed by atoms with van der Waals surface area (Å²) in [6.07, 6.45) is 4.05. The summed E-state index contributed by atoms with van der Waals surface area (Å²) in [5, 5.41) is 9.76. The van der Waals surface area contributed by atoms with Crippen LogP contribution in [0.25, 0.3) is 11.1 Å². The van der Waals surface area contributed by atoms with Gasteiger partial charge in [-0.15, -0.1) is 0 Å². The lowest BCUT2D eigenvalue weighted by atomic mass is 10.0. The molecule has 0 fully saturated rings. The van der Waals surface area contributed by atoms with Gasteiger partial charge in [0.05, 0.1) is 4.88 Å². The summed E-state index contributed by atoms with van der Waals surface area (Å²) in [6.45, 7) is 0.457. The van der Waals surface area contributed by atoms with Crippen molar-refractivity contribution >= 4 is 17.2 Å².